The number of anilines is 1. The van der Waals surface area contributed by atoms with Crippen LogP contribution in [0.5, 0.6) is 5.88 Å². The zero-order chi connectivity index (χ0) is 22.6. The van der Waals surface area contributed by atoms with E-state index in [1.54, 1.807) is 4.90 Å². The summed E-state index contributed by atoms with van der Waals surface area (Å²) in [5.74, 6) is -1.00. The molecule has 1 aliphatic heterocycles. The Labute approximate surface area is 179 Å². The Kier molecular flexibility index (Phi) is 6.59. The van der Waals surface area contributed by atoms with Gasteiger partial charge < -0.3 is 19.3 Å². The molecular formula is C22H24F2N4O3. The van der Waals surface area contributed by atoms with Gasteiger partial charge in [0.05, 0.1) is 11.6 Å². The number of hydrogen-bond donors (Lipinski definition) is 0. The highest BCUT2D eigenvalue weighted by Crippen LogP contribution is 2.23. The molecular weight excluding hydrogens is 406 g/mol. The minimum atomic E-state index is -0.662. The number of nitrogens with zero attached hydrogens (tertiary/aromatic N) is 4. The van der Waals surface area contributed by atoms with Gasteiger partial charge in [-0.2, -0.15) is 10.2 Å². The number of aromatic nitrogens is 1. The Bertz CT molecular complexity index is 993. The largest absolute Gasteiger partial charge is 0.471 e. The van der Waals surface area contributed by atoms with Crippen molar-refractivity contribution in [1.82, 2.24) is 9.88 Å². The molecule has 2 aromatic rings. The van der Waals surface area contributed by atoms with Gasteiger partial charge in [-0.3, -0.25) is 0 Å². The molecule has 7 nitrogen and oxygen atoms in total. The Balaban J connectivity index is 1.63. The predicted molar refractivity (Wildman–Crippen MR) is 110 cm³/mol. The van der Waals surface area contributed by atoms with Gasteiger partial charge in [0.2, 0.25) is 0 Å². The van der Waals surface area contributed by atoms with Crippen molar-refractivity contribution in [2.75, 3.05) is 31.1 Å². The van der Waals surface area contributed by atoms with Gasteiger partial charge in [0.25, 0.3) is 5.88 Å². The van der Waals surface area contributed by atoms with Gasteiger partial charge in [-0.1, -0.05) is 6.07 Å². The van der Waals surface area contributed by atoms with Crippen LogP contribution in [0.25, 0.3) is 0 Å². The second-order valence-electron chi connectivity index (χ2n) is 8.12. The Morgan fingerprint density at radius 1 is 1.13 bits per heavy atom. The molecule has 9 heteroatoms. The number of piperazine rings is 1. The van der Waals surface area contributed by atoms with Gasteiger partial charge in [-0.05, 0) is 45.0 Å². The summed E-state index contributed by atoms with van der Waals surface area (Å²) in [6.45, 7) is 7.11. The fourth-order valence-electron chi connectivity index (χ4n) is 3.02. The average Bonchev–Trinajstić information content (AvgIpc) is 2.72. The van der Waals surface area contributed by atoms with E-state index in [4.69, 9.17) is 14.7 Å². The van der Waals surface area contributed by atoms with Crippen LogP contribution < -0.4 is 9.64 Å². The SMILES string of the molecule is CC(C)(C)OC(=O)N1CCN(c2ccc(F)c(OCc3ccc(C#N)cc3F)n2)CC1. The highest BCUT2D eigenvalue weighted by atomic mass is 19.1. The number of carbonyl (C=O) groups is 1. The molecule has 0 bridgehead atoms. The van der Waals surface area contributed by atoms with Gasteiger partial charge in [-0.15, -0.1) is 0 Å². The molecule has 1 amide bonds. The van der Waals surface area contributed by atoms with Crippen LogP contribution >= 0.6 is 0 Å². The summed E-state index contributed by atoms with van der Waals surface area (Å²) in [5, 5.41) is 8.81. The summed E-state index contributed by atoms with van der Waals surface area (Å²) in [6, 6.07) is 8.62. The minimum Gasteiger partial charge on any atom is -0.471 e. The number of pyridine rings is 1. The third-order valence-electron chi connectivity index (χ3n) is 4.60. The highest BCUT2D eigenvalue weighted by molar-refractivity contribution is 5.68. The molecule has 0 spiro atoms. The van der Waals surface area contributed by atoms with Crippen molar-refractivity contribution < 1.29 is 23.0 Å². The fourth-order valence-corrected chi connectivity index (χ4v) is 3.02. The number of rotatable bonds is 4. The average molecular weight is 430 g/mol. The van der Waals surface area contributed by atoms with Crippen LogP contribution in [0, 0.1) is 23.0 Å². The Hall–Kier alpha value is -3.41. The third kappa shape index (κ3) is 5.81. The number of hydrogen-bond acceptors (Lipinski definition) is 6. The van der Waals surface area contributed by atoms with Crippen molar-refractivity contribution in [2.45, 2.75) is 33.0 Å². The predicted octanol–water partition coefficient (Wildman–Crippen LogP) is 3.87. The van der Waals surface area contributed by atoms with Crippen LogP contribution in [0.2, 0.25) is 0 Å². The van der Waals surface area contributed by atoms with E-state index in [0.29, 0.717) is 32.0 Å². The van der Waals surface area contributed by atoms with Crippen molar-refractivity contribution in [2.24, 2.45) is 0 Å². The molecule has 164 valence electrons. The highest BCUT2D eigenvalue weighted by Gasteiger charge is 2.26. The topological polar surface area (TPSA) is 78.7 Å². The van der Waals surface area contributed by atoms with Crippen molar-refractivity contribution in [3.63, 3.8) is 0 Å². The summed E-state index contributed by atoms with van der Waals surface area (Å²) in [5.41, 5.74) is -0.178. The van der Waals surface area contributed by atoms with Crippen molar-refractivity contribution in [1.29, 1.82) is 5.26 Å². The first-order valence-corrected chi connectivity index (χ1v) is 9.87. The molecule has 1 saturated heterocycles. The summed E-state index contributed by atoms with van der Waals surface area (Å²) in [7, 11) is 0. The van der Waals surface area contributed by atoms with Crippen molar-refractivity contribution in [3.05, 3.63) is 53.1 Å². The van der Waals surface area contributed by atoms with E-state index < -0.39 is 17.2 Å². The lowest BCUT2D eigenvalue weighted by molar-refractivity contribution is 0.0240. The summed E-state index contributed by atoms with van der Waals surface area (Å²) < 4.78 is 39.0. The van der Waals surface area contributed by atoms with E-state index in [-0.39, 0.29) is 29.7 Å². The van der Waals surface area contributed by atoms with E-state index >= 15 is 0 Å². The maximum absolute atomic E-state index is 14.2. The first-order valence-electron chi connectivity index (χ1n) is 9.87. The molecule has 2 heterocycles. The van der Waals surface area contributed by atoms with E-state index in [1.165, 1.54) is 24.3 Å². The smallest absolute Gasteiger partial charge is 0.410 e. The lowest BCUT2D eigenvalue weighted by atomic mass is 10.1. The van der Waals surface area contributed by atoms with Crippen LogP contribution in [-0.2, 0) is 11.3 Å². The van der Waals surface area contributed by atoms with Crippen molar-refractivity contribution in [3.8, 4) is 11.9 Å². The molecule has 1 fully saturated rings. The van der Waals surface area contributed by atoms with Crippen molar-refractivity contribution >= 4 is 11.9 Å². The lowest BCUT2D eigenvalue weighted by Gasteiger charge is -2.36. The zero-order valence-electron chi connectivity index (χ0n) is 17.7. The molecule has 0 aliphatic carbocycles. The maximum atomic E-state index is 14.2. The van der Waals surface area contributed by atoms with Gasteiger partial charge in [0.1, 0.15) is 23.8 Å². The maximum Gasteiger partial charge on any atom is 0.410 e. The van der Waals surface area contributed by atoms with E-state index in [0.717, 1.165) is 6.07 Å². The zero-order valence-corrected chi connectivity index (χ0v) is 17.7. The second kappa shape index (κ2) is 9.16. The number of amides is 1. The minimum absolute atomic E-state index is 0.191. The Morgan fingerprint density at radius 2 is 1.84 bits per heavy atom. The van der Waals surface area contributed by atoms with Gasteiger partial charge in [0, 0.05) is 31.7 Å². The number of benzene rings is 1. The van der Waals surface area contributed by atoms with E-state index in [1.807, 2.05) is 31.7 Å². The number of ether oxygens (including phenoxy) is 2. The normalized spacial score (nSPS) is 14.2. The first kappa shape index (κ1) is 22.3. The van der Waals surface area contributed by atoms with E-state index in [9.17, 15) is 13.6 Å². The summed E-state index contributed by atoms with van der Waals surface area (Å²) >= 11 is 0. The number of halogens is 2. The molecule has 0 radical (unpaired) electrons. The van der Waals surface area contributed by atoms with Crippen LogP contribution in [0.1, 0.15) is 31.9 Å². The van der Waals surface area contributed by atoms with E-state index in [2.05, 4.69) is 4.98 Å². The number of nitriles is 1. The second-order valence-corrected chi connectivity index (χ2v) is 8.12. The summed E-state index contributed by atoms with van der Waals surface area (Å²) in [6.07, 6.45) is -0.368. The van der Waals surface area contributed by atoms with Gasteiger partial charge in [0.15, 0.2) is 5.82 Å². The molecule has 3 rings (SSSR count). The first-order chi connectivity index (χ1) is 14.7. The standard InChI is InChI=1S/C22H24F2N4O3/c1-22(2,3)31-21(29)28-10-8-27(9-11-28)19-7-6-17(23)20(26-19)30-14-16-5-4-15(13-25)12-18(16)24/h4-7,12H,8-11,14H2,1-3H3. The summed E-state index contributed by atoms with van der Waals surface area (Å²) in [4.78, 5) is 20.0. The van der Waals surface area contributed by atoms with Crippen LogP contribution in [0.4, 0.5) is 19.4 Å². The van der Waals surface area contributed by atoms with Crippen LogP contribution in [-0.4, -0.2) is 47.8 Å². The third-order valence-corrected chi connectivity index (χ3v) is 4.60. The molecule has 1 aromatic heterocycles. The fraction of sp³-hybridized carbons (Fsp3) is 0.409. The molecule has 0 unspecified atom stereocenters. The molecule has 1 aliphatic rings. The van der Waals surface area contributed by atoms with Crippen LogP contribution in [0.3, 0.4) is 0 Å². The lowest BCUT2D eigenvalue weighted by Crippen LogP contribution is -2.50. The molecule has 0 N–H and O–H groups in total. The van der Waals surface area contributed by atoms with Gasteiger partial charge in [-0.25, -0.2) is 13.6 Å². The molecule has 0 atom stereocenters. The molecule has 31 heavy (non-hydrogen) atoms. The van der Waals surface area contributed by atoms with Crippen LogP contribution in [0.15, 0.2) is 30.3 Å². The molecule has 1 aromatic carbocycles. The molecule has 0 saturated carbocycles. The van der Waals surface area contributed by atoms with Gasteiger partial charge >= 0.3 is 6.09 Å². The number of carbonyl (C=O) groups excluding carboxylic acids is 1. The Morgan fingerprint density at radius 3 is 2.45 bits per heavy atom. The quantitative estimate of drug-likeness (QED) is 0.733. The monoisotopic (exact) mass is 430 g/mol.